The van der Waals surface area contributed by atoms with Gasteiger partial charge in [0.25, 0.3) is 0 Å². The Balaban J connectivity index is 2.60. The average molecular weight is 194 g/mol. The van der Waals surface area contributed by atoms with Crippen molar-refractivity contribution >= 4 is 11.7 Å². The first-order valence-corrected chi connectivity index (χ1v) is 4.42. The summed E-state index contributed by atoms with van der Waals surface area (Å²) in [6.45, 7) is 3.62. The van der Waals surface area contributed by atoms with Crippen molar-refractivity contribution in [3.63, 3.8) is 0 Å². The molecule has 0 bridgehead atoms. The number of likely N-dealkylation sites (N-methyl/N-ethyl adjacent to an activating group) is 1. The quantitative estimate of drug-likeness (QED) is 0.727. The molecule has 1 aromatic rings. The van der Waals surface area contributed by atoms with Gasteiger partial charge in [0.15, 0.2) is 0 Å². The molecule has 1 heterocycles. The van der Waals surface area contributed by atoms with Crippen molar-refractivity contribution in [2.45, 2.75) is 19.9 Å². The molecule has 1 atom stereocenters. The van der Waals surface area contributed by atoms with Crippen molar-refractivity contribution < 1.29 is 4.79 Å². The number of amides is 1. The summed E-state index contributed by atoms with van der Waals surface area (Å²) in [6.07, 6.45) is 0. The third kappa shape index (κ3) is 2.69. The molecule has 0 aromatic carbocycles. The Hall–Kier alpha value is -1.65. The van der Waals surface area contributed by atoms with Crippen molar-refractivity contribution in [3.05, 3.63) is 17.8 Å². The van der Waals surface area contributed by atoms with Crippen molar-refractivity contribution in [1.29, 1.82) is 0 Å². The van der Waals surface area contributed by atoms with Gasteiger partial charge in [-0.3, -0.25) is 4.79 Å². The zero-order valence-electron chi connectivity index (χ0n) is 8.53. The third-order valence-electron chi connectivity index (χ3n) is 1.80. The lowest BCUT2D eigenvalue weighted by molar-refractivity contribution is -0.121. The van der Waals surface area contributed by atoms with Gasteiger partial charge >= 0.3 is 0 Å². The van der Waals surface area contributed by atoms with E-state index in [1.54, 1.807) is 20.0 Å². The van der Waals surface area contributed by atoms with E-state index in [1.165, 1.54) is 0 Å². The lowest BCUT2D eigenvalue weighted by atomic mass is 10.3. The minimum Gasteiger partial charge on any atom is -0.357 e. The van der Waals surface area contributed by atoms with Gasteiger partial charge in [-0.1, -0.05) is 0 Å². The number of carbonyl (C=O) groups excluding carboxylic acids is 1. The van der Waals surface area contributed by atoms with Crippen molar-refractivity contribution in [2.24, 2.45) is 0 Å². The molecule has 0 spiro atoms. The lowest BCUT2D eigenvalue weighted by Crippen LogP contribution is -2.35. The number of hydrogen-bond donors (Lipinski definition) is 2. The van der Waals surface area contributed by atoms with Crippen LogP contribution in [0, 0.1) is 6.92 Å². The Morgan fingerprint density at radius 1 is 1.43 bits per heavy atom. The lowest BCUT2D eigenvalue weighted by Gasteiger charge is -2.11. The van der Waals surface area contributed by atoms with E-state index in [0.29, 0.717) is 5.82 Å². The Kier molecular flexibility index (Phi) is 3.39. The summed E-state index contributed by atoms with van der Waals surface area (Å²) in [7, 11) is 1.60. The van der Waals surface area contributed by atoms with Gasteiger partial charge in [-0.15, -0.1) is 5.10 Å². The molecule has 1 rings (SSSR count). The Labute approximate surface area is 82.9 Å². The summed E-state index contributed by atoms with van der Waals surface area (Å²) < 4.78 is 0. The zero-order chi connectivity index (χ0) is 10.6. The molecule has 1 unspecified atom stereocenters. The normalized spacial score (nSPS) is 11.9. The predicted octanol–water partition coefficient (Wildman–Crippen LogP) is 0.331. The summed E-state index contributed by atoms with van der Waals surface area (Å²) >= 11 is 0. The van der Waals surface area contributed by atoms with Gasteiger partial charge in [0.2, 0.25) is 5.91 Å². The van der Waals surface area contributed by atoms with Crippen LogP contribution in [-0.4, -0.2) is 29.2 Å². The van der Waals surface area contributed by atoms with Crippen molar-refractivity contribution in [2.75, 3.05) is 12.4 Å². The highest BCUT2D eigenvalue weighted by atomic mass is 16.2. The standard InChI is InChI=1S/C9H14N4O/c1-6-4-5-8(13-12-6)11-7(2)9(14)10-3/h4-5,7H,1-3H3,(H,10,14)(H,11,13). The third-order valence-corrected chi connectivity index (χ3v) is 1.80. The SMILES string of the molecule is CNC(=O)C(C)Nc1ccc(C)nn1. The molecular formula is C9H14N4O. The molecule has 0 saturated carbocycles. The van der Waals surface area contributed by atoms with Crippen molar-refractivity contribution in [1.82, 2.24) is 15.5 Å². The summed E-state index contributed by atoms with van der Waals surface area (Å²) in [4.78, 5) is 11.2. The highest BCUT2D eigenvalue weighted by molar-refractivity contribution is 5.83. The predicted molar refractivity (Wildman–Crippen MR) is 53.9 cm³/mol. The Morgan fingerprint density at radius 3 is 2.64 bits per heavy atom. The number of carbonyl (C=O) groups is 1. The molecule has 14 heavy (non-hydrogen) atoms. The van der Waals surface area contributed by atoms with Gasteiger partial charge in [0.1, 0.15) is 11.9 Å². The maximum absolute atomic E-state index is 11.2. The van der Waals surface area contributed by atoms with E-state index >= 15 is 0 Å². The number of nitrogens with zero attached hydrogens (tertiary/aromatic N) is 2. The number of nitrogens with one attached hydrogen (secondary N) is 2. The van der Waals surface area contributed by atoms with Crippen LogP contribution in [0.25, 0.3) is 0 Å². The smallest absolute Gasteiger partial charge is 0.241 e. The van der Waals surface area contributed by atoms with Crippen LogP contribution in [0.5, 0.6) is 0 Å². The zero-order valence-corrected chi connectivity index (χ0v) is 8.53. The second-order valence-corrected chi connectivity index (χ2v) is 3.04. The molecule has 5 heteroatoms. The van der Waals surface area contributed by atoms with Crippen LogP contribution in [-0.2, 0) is 4.79 Å². The average Bonchev–Trinajstić information content (AvgIpc) is 2.20. The van der Waals surface area contributed by atoms with E-state index in [4.69, 9.17) is 0 Å². The van der Waals surface area contributed by atoms with Gasteiger partial charge in [0, 0.05) is 7.05 Å². The first kappa shape index (κ1) is 10.4. The molecule has 0 aliphatic heterocycles. The van der Waals surface area contributed by atoms with Gasteiger partial charge in [-0.05, 0) is 26.0 Å². The number of aryl methyl sites for hydroxylation is 1. The molecule has 1 aromatic heterocycles. The summed E-state index contributed by atoms with van der Waals surface area (Å²) in [5.74, 6) is 0.527. The van der Waals surface area contributed by atoms with E-state index in [-0.39, 0.29) is 11.9 Å². The van der Waals surface area contributed by atoms with Crippen LogP contribution in [0.15, 0.2) is 12.1 Å². The minimum absolute atomic E-state index is 0.0765. The number of hydrogen-bond acceptors (Lipinski definition) is 4. The Morgan fingerprint density at radius 2 is 2.14 bits per heavy atom. The highest BCUT2D eigenvalue weighted by Crippen LogP contribution is 2.02. The fourth-order valence-electron chi connectivity index (χ4n) is 0.980. The molecule has 5 nitrogen and oxygen atoms in total. The van der Waals surface area contributed by atoms with Crippen molar-refractivity contribution in [3.8, 4) is 0 Å². The molecule has 0 aliphatic rings. The van der Waals surface area contributed by atoms with Gasteiger partial charge in [-0.25, -0.2) is 0 Å². The summed E-state index contributed by atoms with van der Waals surface area (Å²) in [5, 5.41) is 13.2. The van der Waals surface area contributed by atoms with Gasteiger partial charge in [-0.2, -0.15) is 5.10 Å². The number of aromatic nitrogens is 2. The van der Waals surface area contributed by atoms with E-state index in [9.17, 15) is 4.79 Å². The number of rotatable bonds is 3. The summed E-state index contributed by atoms with van der Waals surface area (Å²) in [6, 6.07) is 3.32. The van der Waals surface area contributed by atoms with Crippen LogP contribution >= 0.6 is 0 Å². The highest BCUT2D eigenvalue weighted by Gasteiger charge is 2.10. The maximum atomic E-state index is 11.2. The van der Waals surface area contributed by atoms with Crippen LogP contribution in [0.4, 0.5) is 5.82 Å². The van der Waals surface area contributed by atoms with Gasteiger partial charge < -0.3 is 10.6 Å². The molecule has 0 saturated heterocycles. The first-order chi connectivity index (χ1) is 6.63. The molecule has 2 N–H and O–H groups in total. The monoisotopic (exact) mass is 194 g/mol. The molecule has 0 aliphatic carbocycles. The largest absolute Gasteiger partial charge is 0.357 e. The maximum Gasteiger partial charge on any atom is 0.241 e. The van der Waals surface area contributed by atoms with Gasteiger partial charge in [0.05, 0.1) is 5.69 Å². The molecule has 76 valence electrons. The molecular weight excluding hydrogens is 180 g/mol. The van der Waals surface area contributed by atoms with E-state index in [1.807, 2.05) is 13.0 Å². The van der Waals surface area contributed by atoms with Crippen LogP contribution in [0.1, 0.15) is 12.6 Å². The second-order valence-electron chi connectivity index (χ2n) is 3.04. The molecule has 0 fully saturated rings. The fraction of sp³-hybridized carbons (Fsp3) is 0.444. The van der Waals surface area contributed by atoms with E-state index < -0.39 is 0 Å². The topological polar surface area (TPSA) is 66.9 Å². The Bertz CT molecular complexity index is 309. The minimum atomic E-state index is -0.308. The molecule has 1 amide bonds. The van der Waals surface area contributed by atoms with E-state index in [0.717, 1.165) is 5.69 Å². The number of anilines is 1. The van der Waals surface area contributed by atoms with Crippen LogP contribution in [0.2, 0.25) is 0 Å². The fourth-order valence-corrected chi connectivity index (χ4v) is 0.980. The van der Waals surface area contributed by atoms with Crippen LogP contribution in [0.3, 0.4) is 0 Å². The molecule has 0 radical (unpaired) electrons. The second kappa shape index (κ2) is 4.55. The first-order valence-electron chi connectivity index (χ1n) is 4.42. The van der Waals surface area contributed by atoms with E-state index in [2.05, 4.69) is 20.8 Å². The van der Waals surface area contributed by atoms with Crippen LogP contribution < -0.4 is 10.6 Å². The summed E-state index contributed by atoms with van der Waals surface area (Å²) in [5.41, 5.74) is 0.850.